The van der Waals surface area contributed by atoms with Crippen LogP contribution in [0, 0.1) is 56.1 Å². The maximum absolute atomic E-state index is 3.08. The molecule has 0 saturated heterocycles. The fourth-order valence-corrected chi connectivity index (χ4v) is 6.93. The molecule has 32 heavy (non-hydrogen) atoms. The third-order valence-electron chi connectivity index (χ3n) is 4.36. The van der Waals surface area contributed by atoms with Crippen LogP contribution in [-0.4, -0.2) is 17.0 Å². The average Bonchev–Trinajstić information content (AvgIpc) is 3.33. The topological polar surface area (TPSA) is 0 Å². The molecule has 0 nitrogen and oxygen atoms in total. The van der Waals surface area contributed by atoms with Gasteiger partial charge in [0.15, 0.2) is 0 Å². The van der Waals surface area contributed by atoms with Crippen molar-refractivity contribution in [2.24, 2.45) is 0 Å². The van der Waals surface area contributed by atoms with Crippen LogP contribution in [0.3, 0.4) is 0 Å². The molecule has 1 aliphatic carbocycles. The van der Waals surface area contributed by atoms with Crippen LogP contribution in [0.25, 0.3) is 6.08 Å². The van der Waals surface area contributed by atoms with E-state index in [1.807, 2.05) is 92.8 Å². The number of hydrogen-bond donors (Lipinski definition) is 0. The van der Waals surface area contributed by atoms with Gasteiger partial charge in [-0.3, -0.25) is 0 Å². The summed E-state index contributed by atoms with van der Waals surface area (Å²) in [4.78, 5) is 0. The zero-order valence-electron chi connectivity index (χ0n) is 20.2. The van der Waals surface area contributed by atoms with Crippen LogP contribution in [0.2, 0.25) is 0 Å². The summed E-state index contributed by atoms with van der Waals surface area (Å²) in [5, 5.41) is 0. The van der Waals surface area contributed by atoms with E-state index in [2.05, 4.69) is 65.5 Å². The number of rotatable bonds is 4. The van der Waals surface area contributed by atoms with E-state index in [0.29, 0.717) is 0 Å². The molecule has 0 aromatic heterocycles. The van der Waals surface area contributed by atoms with Crippen molar-refractivity contribution in [3.8, 4) is 11.8 Å². The summed E-state index contributed by atoms with van der Waals surface area (Å²) >= 11 is 0. The van der Waals surface area contributed by atoms with Gasteiger partial charge in [0, 0.05) is 0 Å². The first-order valence-electron chi connectivity index (χ1n) is 11.0. The Morgan fingerprint density at radius 1 is 0.750 bits per heavy atom. The standard InChI is InChI=1S/C16H10.C9H21P.C5H5.Os/c1-3-9-15(10-4-1)13-7-8-14-16-11-5-2-6-12-16;1-7(2)10(8(3)4)9(5)6;1-2-4-5-3-1;/h1-6,9-11,14H;7-9H,1-6H3;1-5H;/q-2;;;+1. The molecule has 1 aliphatic rings. The van der Waals surface area contributed by atoms with Crippen molar-refractivity contribution < 1.29 is 19.8 Å². The average molecular weight is 618 g/mol. The van der Waals surface area contributed by atoms with Gasteiger partial charge in [0.1, 0.15) is 0 Å². The van der Waals surface area contributed by atoms with E-state index >= 15 is 0 Å². The third-order valence-corrected chi connectivity index (χ3v) is 7.94. The Morgan fingerprint density at radius 3 is 1.66 bits per heavy atom. The molecule has 3 rings (SSSR count). The fraction of sp³-hybridized carbons (Fsp3) is 0.300. The zero-order valence-corrected chi connectivity index (χ0v) is 23.6. The van der Waals surface area contributed by atoms with Gasteiger partial charge in [-0.25, -0.2) is 29.5 Å². The predicted octanol–water partition coefficient (Wildman–Crippen LogP) is 8.07. The molecule has 6 radical (unpaired) electrons. The monoisotopic (exact) mass is 619 g/mol. The first kappa shape index (κ1) is 30.8. The maximum Gasteiger partial charge on any atom is 1.00 e. The van der Waals surface area contributed by atoms with Crippen LogP contribution < -0.4 is 0 Å². The normalized spacial score (nSPS) is 12.6. The van der Waals surface area contributed by atoms with Crippen molar-refractivity contribution in [3.63, 3.8) is 0 Å². The summed E-state index contributed by atoms with van der Waals surface area (Å²) in [6, 6.07) is 20.7. The largest absolute Gasteiger partial charge is 1.00 e. The minimum Gasteiger partial charge on any atom is -0.250 e. The van der Waals surface area contributed by atoms with Gasteiger partial charge in [-0.2, -0.15) is 24.3 Å². The van der Waals surface area contributed by atoms with Crippen LogP contribution in [0.1, 0.15) is 52.7 Å². The Kier molecular flexibility index (Phi) is 18.6. The van der Waals surface area contributed by atoms with Crippen molar-refractivity contribution >= 4 is 14.0 Å². The van der Waals surface area contributed by atoms with Crippen LogP contribution in [0.15, 0.2) is 54.6 Å². The summed E-state index contributed by atoms with van der Waals surface area (Å²) < 4.78 is 0. The van der Waals surface area contributed by atoms with E-state index in [1.165, 1.54) is 0 Å². The Bertz CT molecular complexity index is 736. The molecule has 2 aromatic carbocycles. The summed E-state index contributed by atoms with van der Waals surface area (Å²) in [7, 11) is 0.262. The molecule has 0 spiro atoms. The molecular weight excluding hydrogens is 582 g/mol. The number of benzene rings is 2. The molecule has 2 aromatic rings. The van der Waals surface area contributed by atoms with E-state index in [-0.39, 0.29) is 27.7 Å². The molecule has 2 heteroatoms. The van der Waals surface area contributed by atoms with Crippen LogP contribution in [0.5, 0.6) is 0 Å². The van der Waals surface area contributed by atoms with Crippen LogP contribution >= 0.6 is 7.92 Å². The van der Waals surface area contributed by atoms with Crippen molar-refractivity contribution in [3.05, 3.63) is 110 Å². The van der Waals surface area contributed by atoms with E-state index in [9.17, 15) is 0 Å². The molecule has 0 bridgehead atoms. The Labute approximate surface area is 213 Å². The predicted molar refractivity (Wildman–Crippen MR) is 140 cm³/mol. The molecule has 0 heterocycles. The molecule has 0 atom stereocenters. The third kappa shape index (κ3) is 14.8. The van der Waals surface area contributed by atoms with Gasteiger partial charge < -0.3 is 0 Å². The van der Waals surface area contributed by atoms with Crippen LogP contribution in [0.4, 0.5) is 0 Å². The second-order valence-electron chi connectivity index (χ2n) is 7.91. The van der Waals surface area contributed by atoms with Gasteiger partial charge in [0.05, 0.1) is 0 Å². The van der Waals surface area contributed by atoms with E-state index in [4.69, 9.17) is 0 Å². The van der Waals surface area contributed by atoms with Crippen molar-refractivity contribution in [1.82, 2.24) is 0 Å². The van der Waals surface area contributed by atoms with Gasteiger partial charge in [-0.1, -0.05) is 79.8 Å². The van der Waals surface area contributed by atoms with Crippen molar-refractivity contribution in [2.45, 2.75) is 58.5 Å². The molecule has 170 valence electrons. The summed E-state index contributed by atoms with van der Waals surface area (Å²) in [5.74, 6) is 5.88. The molecule has 0 aliphatic heterocycles. The minimum atomic E-state index is 0. The van der Waals surface area contributed by atoms with Gasteiger partial charge in [-0.05, 0) is 54.6 Å². The Hall–Kier alpha value is -1.19. The molecule has 0 N–H and O–H groups in total. The summed E-state index contributed by atoms with van der Waals surface area (Å²) in [6.07, 6.45) is 14.8. The maximum atomic E-state index is 3.08. The van der Waals surface area contributed by atoms with E-state index < -0.39 is 0 Å². The van der Waals surface area contributed by atoms with Crippen molar-refractivity contribution in [2.75, 3.05) is 0 Å². The summed E-state index contributed by atoms with van der Waals surface area (Å²) in [5.41, 5.74) is 4.69. The Balaban J connectivity index is 0.000000514. The SMILES string of the molecule is C(#Cc1ccccc1)[C-]=Cc1[c-]cccc1.CC(C)P(C(C)C)C(C)C.[CH]1[CH][CH][CH][CH]1.[Os+]. The molecule has 0 unspecified atom stereocenters. The van der Waals surface area contributed by atoms with Gasteiger partial charge in [0.25, 0.3) is 0 Å². The van der Waals surface area contributed by atoms with E-state index in [1.54, 1.807) is 0 Å². The fourth-order valence-electron chi connectivity index (χ4n) is 3.35. The second kappa shape index (κ2) is 19.3. The quantitative estimate of drug-likeness (QED) is 0.185. The molecule has 0 amide bonds. The first-order chi connectivity index (χ1) is 14.9. The minimum absolute atomic E-state index is 0. The second-order valence-corrected chi connectivity index (χ2v) is 11.9. The Morgan fingerprint density at radius 2 is 1.25 bits per heavy atom. The number of allylic oxidation sites excluding steroid dienone is 1. The van der Waals surface area contributed by atoms with Gasteiger partial charge in [0.2, 0.25) is 0 Å². The van der Waals surface area contributed by atoms with Gasteiger partial charge >= 0.3 is 19.8 Å². The zero-order chi connectivity index (χ0) is 22.9. The molecular formula is C30H36OsP-. The summed E-state index contributed by atoms with van der Waals surface area (Å²) in [6.45, 7) is 14.1. The first-order valence-corrected chi connectivity index (χ1v) is 12.5. The molecule has 1 saturated carbocycles. The number of hydrogen-bond acceptors (Lipinski definition) is 0. The molecule has 1 fully saturated rings. The smallest absolute Gasteiger partial charge is 0.250 e. The van der Waals surface area contributed by atoms with Crippen LogP contribution in [-0.2, 0) is 19.8 Å². The van der Waals surface area contributed by atoms with Crippen molar-refractivity contribution in [1.29, 1.82) is 0 Å². The van der Waals surface area contributed by atoms with Gasteiger partial charge in [-0.15, -0.1) is 6.07 Å². The van der Waals surface area contributed by atoms with E-state index in [0.717, 1.165) is 28.1 Å².